The van der Waals surface area contributed by atoms with Crippen molar-refractivity contribution in [3.63, 3.8) is 0 Å². The number of nitrogens with one attached hydrogen (secondary N) is 1. The van der Waals surface area contributed by atoms with Crippen molar-refractivity contribution >= 4 is 34.2 Å². The highest BCUT2D eigenvalue weighted by Gasteiger charge is 2.44. The van der Waals surface area contributed by atoms with Crippen LogP contribution in [-0.4, -0.2) is 44.1 Å². The van der Waals surface area contributed by atoms with Crippen LogP contribution in [0.1, 0.15) is 30.0 Å². The Bertz CT molecular complexity index is 1340. The van der Waals surface area contributed by atoms with Gasteiger partial charge in [0.2, 0.25) is 0 Å². The summed E-state index contributed by atoms with van der Waals surface area (Å²) in [6, 6.07) is 0.162. The minimum absolute atomic E-state index is 0.0732. The van der Waals surface area contributed by atoms with Gasteiger partial charge in [-0.3, -0.25) is 14.3 Å². The lowest BCUT2D eigenvalue weighted by Crippen LogP contribution is -2.50. The second kappa shape index (κ2) is 7.57. The highest BCUT2D eigenvalue weighted by atomic mass is 19.4. The summed E-state index contributed by atoms with van der Waals surface area (Å²) in [4.78, 5) is 31.1. The number of nitrogens with two attached hydrogens (primary N) is 1. The van der Waals surface area contributed by atoms with Crippen LogP contribution in [0.4, 0.5) is 29.1 Å². The Kier molecular flexibility index (Phi) is 4.88. The molecule has 1 saturated heterocycles. The normalized spacial score (nSPS) is 19.5. The molecule has 0 unspecified atom stereocenters. The molecule has 2 aliphatic heterocycles. The number of nitrogen functional groups attached to an aromatic ring is 1. The Labute approximate surface area is 189 Å². The number of piperidine rings is 1. The first kappa shape index (κ1) is 21.9. The first-order valence-electron chi connectivity index (χ1n) is 10.3. The lowest BCUT2D eigenvalue weighted by atomic mass is 9.88. The van der Waals surface area contributed by atoms with E-state index in [1.54, 1.807) is 7.05 Å². The highest BCUT2D eigenvalue weighted by molar-refractivity contribution is 6.40. The van der Waals surface area contributed by atoms with Crippen LogP contribution in [0, 0.1) is 5.82 Å². The van der Waals surface area contributed by atoms with Gasteiger partial charge in [-0.15, -0.1) is 0 Å². The molecule has 9 nitrogen and oxygen atoms in total. The van der Waals surface area contributed by atoms with Crippen molar-refractivity contribution in [1.29, 1.82) is 0 Å². The van der Waals surface area contributed by atoms with Crippen molar-refractivity contribution in [3.05, 3.63) is 41.5 Å². The number of aromatic nitrogens is 3. The van der Waals surface area contributed by atoms with Gasteiger partial charge in [-0.25, -0.2) is 9.37 Å². The number of rotatable bonds is 1. The molecule has 0 saturated carbocycles. The maximum Gasteiger partial charge on any atom is 0.416 e. The van der Waals surface area contributed by atoms with Gasteiger partial charge in [0.05, 0.1) is 35.2 Å². The second-order valence-electron chi connectivity index (χ2n) is 8.19. The van der Waals surface area contributed by atoms with Gasteiger partial charge in [0.1, 0.15) is 29.0 Å². The molecule has 13 heteroatoms. The number of carbonyl (C=O) groups is 2. The summed E-state index contributed by atoms with van der Waals surface area (Å²) >= 11 is 0. The number of fused-ring (bicyclic) bond motifs is 5. The first-order valence-corrected chi connectivity index (χ1v) is 10.3. The molecule has 5 rings (SSSR count). The number of hydrogen-bond acceptors (Lipinski definition) is 6. The van der Waals surface area contributed by atoms with E-state index >= 15 is 0 Å². The van der Waals surface area contributed by atoms with E-state index in [1.165, 1.54) is 17.1 Å². The van der Waals surface area contributed by atoms with Crippen molar-refractivity contribution < 1.29 is 31.9 Å². The number of carbonyl (C=O) groups excluding carboxylic acids is 2. The number of likely N-dealkylation sites (tertiary alicyclic amines) is 1. The number of anilines is 2. The third-order valence-electron chi connectivity index (χ3n) is 6.11. The Morgan fingerprint density at radius 3 is 2.76 bits per heavy atom. The average Bonchev–Trinajstić information content (AvgIpc) is 3.17. The summed E-state index contributed by atoms with van der Waals surface area (Å²) in [7, 11) is 1.64. The van der Waals surface area contributed by atoms with Gasteiger partial charge >= 0.3 is 18.0 Å². The smallest absolute Gasteiger partial charge is 0.416 e. The molecule has 0 spiro atoms. The molecule has 4 heterocycles. The summed E-state index contributed by atoms with van der Waals surface area (Å²) in [6.07, 6.45) is -2.07. The monoisotopic (exact) mass is 478 g/mol. The molecule has 2 amide bonds. The molecular weight excluding hydrogens is 460 g/mol. The number of alkyl halides is 3. The second-order valence-corrected chi connectivity index (χ2v) is 8.19. The van der Waals surface area contributed by atoms with E-state index in [0.29, 0.717) is 17.0 Å². The number of benzene rings is 1. The number of ether oxygens (including phenoxy) is 1. The van der Waals surface area contributed by atoms with Gasteiger partial charge in [0, 0.05) is 31.8 Å². The zero-order valence-electron chi connectivity index (χ0n) is 17.7. The SMILES string of the molecule is Cn1ncc2c(NC(=O)C(=O)N3CC[C@H]4C[C@@H]3c3c(F)cc(C(F)(F)F)cc3O4)cnc(N)c21. The van der Waals surface area contributed by atoms with E-state index in [9.17, 15) is 27.2 Å². The van der Waals surface area contributed by atoms with Gasteiger partial charge in [-0.2, -0.15) is 18.3 Å². The van der Waals surface area contributed by atoms with Crippen LogP contribution in [-0.2, 0) is 22.8 Å². The van der Waals surface area contributed by atoms with Gasteiger partial charge in [-0.1, -0.05) is 0 Å². The Balaban J connectivity index is 1.44. The molecule has 34 heavy (non-hydrogen) atoms. The van der Waals surface area contributed by atoms with Crippen LogP contribution in [0.3, 0.4) is 0 Å². The number of amides is 2. The number of pyridine rings is 1. The van der Waals surface area contributed by atoms with Crippen LogP contribution in [0.25, 0.3) is 10.9 Å². The molecule has 0 aliphatic carbocycles. The van der Waals surface area contributed by atoms with Crippen LogP contribution >= 0.6 is 0 Å². The predicted molar refractivity (Wildman–Crippen MR) is 111 cm³/mol. The third-order valence-corrected chi connectivity index (χ3v) is 6.11. The van der Waals surface area contributed by atoms with Crippen molar-refractivity contribution in [2.75, 3.05) is 17.6 Å². The quantitative estimate of drug-likeness (QED) is 0.411. The van der Waals surface area contributed by atoms with Crippen molar-refractivity contribution in [3.8, 4) is 5.75 Å². The topological polar surface area (TPSA) is 115 Å². The number of hydrogen-bond donors (Lipinski definition) is 2. The van der Waals surface area contributed by atoms with E-state index in [0.717, 1.165) is 11.0 Å². The maximum absolute atomic E-state index is 14.8. The molecule has 1 fully saturated rings. The largest absolute Gasteiger partial charge is 0.490 e. The van der Waals surface area contributed by atoms with Gasteiger partial charge in [0.25, 0.3) is 0 Å². The average molecular weight is 478 g/mol. The molecule has 1 aromatic carbocycles. The zero-order valence-corrected chi connectivity index (χ0v) is 17.7. The van der Waals surface area contributed by atoms with Crippen LogP contribution < -0.4 is 15.8 Å². The van der Waals surface area contributed by atoms with E-state index in [2.05, 4.69) is 15.4 Å². The molecule has 2 bridgehead atoms. The van der Waals surface area contributed by atoms with Gasteiger partial charge in [0.15, 0.2) is 0 Å². The molecule has 2 aliphatic rings. The molecule has 2 aromatic heterocycles. The van der Waals surface area contributed by atoms with E-state index in [4.69, 9.17) is 10.5 Å². The lowest BCUT2D eigenvalue weighted by molar-refractivity contribution is -0.147. The molecule has 0 radical (unpaired) electrons. The van der Waals surface area contributed by atoms with Crippen LogP contribution in [0.2, 0.25) is 0 Å². The summed E-state index contributed by atoms with van der Waals surface area (Å²) in [5.74, 6) is -3.19. The van der Waals surface area contributed by atoms with Crippen molar-refractivity contribution in [2.24, 2.45) is 7.05 Å². The Hall–Kier alpha value is -3.90. The fourth-order valence-electron chi connectivity index (χ4n) is 4.52. The van der Waals surface area contributed by atoms with E-state index in [1.807, 2.05) is 0 Å². The maximum atomic E-state index is 14.8. The van der Waals surface area contributed by atoms with Crippen LogP contribution in [0.15, 0.2) is 24.5 Å². The highest BCUT2D eigenvalue weighted by Crippen LogP contribution is 2.46. The number of nitrogens with zero attached hydrogens (tertiary/aromatic N) is 4. The number of halogens is 4. The third kappa shape index (κ3) is 3.47. The molecule has 178 valence electrons. The van der Waals surface area contributed by atoms with Gasteiger partial charge in [-0.05, 0) is 12.1 Å². The minimum Gasteiger partial charge on any atom is -0.490 e. The number of aryl methyl sites for hydroxylation is 1. The summed E-state index contributed by atoms with van der Waals surface area (Å²) < 4.78 is 61.2. The minimum atomic E-state index is -4.76. The Morgan fingerprint density at radius 2 is 2.03 bits per heavy atom. The molecule has 2 atom stereocenters. The first-order chi connectivity index (χ1) is 16.0. The molecule has 3 N–H and O–H groups in total. The van der Waals surface area contributed by atoms with Crippen molar-refractivity contribution in [2.45, 2.75) is 31.2 Å². The summed E-state index contributed by atoms with van der Waals surface area (Å²) in [5, 5.41) is 7.03. The van der Waals surface area contributed by atoms with Crippen molar-refractivity contribution in [1.82, 2.24) is 19.7 Å². The molecule has 3 aromatic rings. The Morgan fingerprint density at radius 1 is 1.26 bits per heavy atom. The summed E-state index contributed by atoms with van der Waals surface area (Å²) in [5.41, 5.74) is 5.17. The van der Waals surface area contributed by atoms with Gasteiger partial charge < -0.3 is 20.7 Å². The fourth-order valence-corrected chi connectivity index (χ4v) is 4.52. The van der Waals surface area contributed by atoms with E-state index < -0.39 is 41.5 Å². The zero-order chi connectivity index (χ0) is 24.4. The van der Waals surface area contributed by atoms with E-state index in [-0.39, 0.29) is 42.2 Å². The lowest BCUT2D eigenvalue weighted by Gasteiger charge is -2.43. The fraction of sp³-hybridized carbons (Fsp3) is 0.333. The summed E-state index contributed by atoms with van der Waals surface area (Å²) in [6.45, 7) is 0.0732. The molecular formula is C21H18F4N6O3. The van der Waals surface area contributed by atoms with Crippen LogP contribution in [0.5, 0.6) is 5.75 Å². The standard InChI is InChI=1S/C21H18F4N6O3/c1-30-17-11(7-28-30)13(8-27-18(17)26)29-19(32)20(33)31-3-2-10-6-14(31)16-12(22)4-9(21(23,24)25)5-15(16)34-10/h4-5,7-8,10,14H,2-3,6H2,1H3,(H2,26,27)(H,29,32)/t10-,14+/m0/s1. The predicted octanol–water partition coefficient (Wildman–Crippen LogP) is 2.77.